The van der Waals surface area contributed by atoms with E-state index in [1.807, 2.05) is 12.4 Å². The maximum Gasteiger partial charge on any atom is 0.159 e. The lowest BCUT2D eigenvalue weighted by molar-refractivity contribution is 0.199. The normalized spacial score (nSPS) is 21.3. The highest BCUT2D eigenvalue weighted by molar-refractivity contribution is 8.13. The van der Waals surface area contributed by atoms with E-state index in [1.165, 1.54) is 25.8 Å². The molecule has 0 saturated heterocycles. The van der Waals surface area contributed by atoms with Crippen LogP contribution >= 0.6 is 11.8 Å². The van der Waals surface area contributed by atoms with Crippen molar-refractivity contribution in [2.75, 3.05) is 32.4 Å². The molecule has 0 bridgehead atoms. The zero-order valence-corrected chi connectivity index (χ0v) is 16.4. The molecule has 4 nitrogen and oxygen atoms in total. The highest BCUT2D eigenvalue weighted by Gasteiger charge is 2.14. The van der Waals surface area contributed by atoms with E-state index in [-0.39, 0.29) is 6.04 Å². The SMILES string of the molecule is CCCCN(CC)C(C)CCN(C)C1=NC(C)C=N/C=C\CS1. The third-order valence-corrected chi connectivity index (χ3v) is 5.19. The van der Waals surface area contributed by atoms with Crippen LogP contribution in [0.25, 0.3) is 0 Å². The van der Waals surface area contributed by atoms with Crippen molar-refractivity contribution in [2.24, 2.45) is 9.98 Å². The van der Waals surface area contributed by atoms with Crippen molar-refractivity contribution in [3.63, 3.8) is 0 Å². The van der Waals surface area contributed by atoms with E-state index in [1.54, 1.807) is 11.8 Å². The molecule has 0 aromatic heterocycles. The molecule has 0 saturated carbocycles. The molecule has 1 aliphatic heterocycles. The summed E-state index contributed by atoms with van der Waals surface area (Å²) in [6.45, 7) is 12.4. The van der Waals surface area contributed by atoms with E-state index >= 15 is 0 Å². The molecule has 0 aromatic rings. The lowest BCUT2D eigenvalue weighted by atomic mass is 10.2. The van der Waals surface area contributed by atoms with Gasteiger partial charge in [0.25, 0.3) is 0 Å². The van der Waals surface area contributed by atoms with Gasteiger partial charge in [-0.3, -0.25) is 9.98 Å². The Hall–Kier alpha value is -0.810. The monoisotopic (exact) mass is 338 g/mol. The molecular formula is C18H34N4S. The minimum atomic E-state index is 0.136. The molecule has 23 heavy (non-hydrogen) atoms. The van der Waals surface area contributed by atoms with E-state index in [0.717, 1.165) is 24.0 Å². The minimum Gasteiger partial charge on any atom is -0.354 e. The van der Waals surface area contributed by atoms with E-state index in [2.05, 4.69) is 55.6 Å². The van der Waals surface area contributed by atoms with E-state index in [4.69, 9.17) is 4.99 Å². The Bertz CT molecular complexity index is 406. The number of aliphatic imine (C=N–C) groups is 2. The van der Waals surface area contributed by atoms with Gasteiger partial charge in [-0.1, -0.05) is 38.1 Å². The molecule has 0 N–H and O–H groups in total. The molecular weight excluding hydrogens is 304 g/mol. The summed E-state index contributed by atoms with van der Waals surface area (Å²) in [4.78, 5) is 13.9. The van der Waals surface area contributed by atoms with Crippen LogP contribution in [0.4, 0.5) is 0 Å². The molecule has 132 valence electrons. The molecule has 1 heterocycles. The van der Waals surface area contributed by atoms with Crippen molar-refractivity contribution in [1.82, 2.24) is 9.80 Å². The Morgan fingerprint density at radius 2 is 2.13 bits per heavy atom. The van der Waals surface area contributed by atoms with E-state index < -0.39 is 0 Å². The van der Waals surface area contributed by atoms with Crippen LogP contribution in [-0.4, -0.2) is 65.7 Å². The first-order valence-electron chi connectivity index (χ1n) is 8.92. The fraction of sp³-hybridized carbons (Fsp3) is 0.778. The Kier molecular flexibility index (Phi) is 10.3. The van der Waals surface area contributed by atoms with Crippen LogP contribution in [0.3, 0.4) is 0 Å². The van der Waals surface area contributed by atoms with Crippen molar-refractivity contribution in [3.05, 3.63) is 12.3 Å². The number of amidine groups is 1. The van der Waals surface area contributed by atoms with Crippen molar-refractivity contribution in [1.29, 1.82) is 0 Å². The standard InChI is InChI=1S/C18H34N4S/c1-6-8-12-22(7-2)17(4)10-13-21(5)18-20-16(3)15-19-11-9-14-23-18/h9,11,15-17H,6-8,10,12-14H2,1-5H3/b11-9-,19-15?,20-18?. The largest absolute Gasteiger partial charge is 0.354 e. The van der Waals surface area contributed by atoms with Crippen LogP contribution in [0.15, 0.2) is 22.3 Å². The van der Waals surface area contributed by atoms with Crippen molar-refractivity contribution in [2.45, 2.75) is 59.0 Å². The van der Waals surface area contributed by atoms with Crippen LogP contribution in [0, 0.1) is 0 Å². The van der Waals surface area contributed by atoms with Crippen molar-refractivity contribution < 1.29 is 0 Å². The number of rotatable bonds is 8. The minimum absolute atomic E-state index is 0.136. The van der Waals surface area contributed by atoms with Gasteiger partial charge in [-0.05, 0) is 39.8 Å². The highest BCUT2D eigenvalue weighted by atomic mass is 32.2. The fourth-order valence-corrected chi connectivity index (χ4v) is 3.45. The smallest absolute Gasteiger partial charge is 0.159 e. The number of hydrogen-bond acceptors (Lipinski definition) is 5. The third-order valence-electron chi connectivity index (χ3n) is 4.15. The summed E-state index contributed by atoms with van der Waals surface area (Å²) >= 11 is 1.80. The molecule has 0 aliphatic carbocycles. The first-order valence-corrected chi connectivity index (χ1v) is 9.91. The second-order valence-corrected chi connectivity index (χ2v) is 7.17. The molecule has 2 unspecified atom stereocenters. The maximum absolute atomic E-state index is 4.79. The summed E-state index contributed by atoms with van der Waals surface area (Å²) in [5, 5.41) is 1.12. The predicted octanol–water partition coefficient (Wildman–Crippen LogP) is 3.89. The zero-order valence-electron chi connectivity index (χ0n) is 15.5. The summed E-state index contributed by atoms with van der Waals surface area (Å²) in [5.41, 5.74) is 0. The van der Waals surface area contributed by atoms with Gasteiger partial charge in [-0.15, -0.1) is 0 Å². The number of thioether (sulfide) groups is 1. The molecule has 1 rings (SSSR count). The summed E-state index contributed by atoms with van der Waals surface area (Å²) < 4.78 is 0. The number of nitrogens with zero attached hydrogens (tertiary/aromatic N) is 4. The molecule has 0 aromatic carbocycles. The van der Waals surface area contributed by atoms with Crippen LogP contribution in [-0.2, 0) is 0 Å². The van der Waals surface area contributed by atoms with E-state index in [0.29, 0.717) is 6.04 Å². The molecule has 2 atom stereocenters. The van der Waals surface area contributed by atoms with Crippen LogP contribution in [0.1, 0.15) is 47.0 Å². The van der Waals surface area contributed by atoms with E-state index in [9.17, 15) is 0 Å². The topological polar surface area (TPSA) is 31.2 Å². The van der Waals surface area contributed by atoms with Gasteiger partial charge >= 0.3 is 0 Å². The first-order chi connectivity index (χ1) is 11.1. The average molecular weight is 339 g/mol. The zero-order chi connectivity index (χ0) is 17.1. The van der Waals surface area contributed by atoms with Crippen molar-refractivity contribution in [3.8, 4) is 0 Å². The van der Waals surface area contributed by atoms with Gasteiger partial charge in [0.2, 0.25) is 0 Å². The number of unbranched alkanes of at least 4 members (excludes halogenated alkanes) is 1. The molecule has 1 aliphatic rings. The van der Waals surface area contributed by atoms with Crippen LogP contribution in [0.2, 0.25) is 0 Å². The molecule has 0 spiro atoms. The van der Waals surface area contributed by atoms with Gasteiger partial charge in [0.05, 0.1) is 6.04 Å². The first kappa shape index (κ1) is 20.2. The van der Waals surface area contributed by atoms with Gasteiger partial charge in [0.15, 0.2) is 5.17 Å². The Morgan fingerprint density at radius 1 is 1.35 bits per heavy atom. The second kappa shape index (κ2) is 11.7. The summed E-state index contributed by atoms with van der Waals surface area (Å²) in [6, 6.07) is 0.756. The second-order valence-electron chi connectivity index (χ2n) is 6.19. The van der Waals surface area contributed by atoms with Gasteiger partial charge in [0.1, 0.15) is 0 Å². The van der Waals surface area contributed by atoms with Gasteiger partial charge in [-0.2, -0.15) is 0 Å². The maximum atomic E-state index is 4.79. The predicted molar refractivity (Wildman–Crippen MR) is 106 cm³/mol. The Labute approximate surface area is 147 Å². The van der Waals surface area contributed by atoms with Crippen molar-refractivity contribution >= 4 is 23.1 Å². The molecule has 0 fully saturated rings. The summed E-state index contributed by atoms with van der Waals surface area (Å²) in [7, 11) is 2.16. The fourth-order valence-electron chi connectivity index (χ4n) is 2.56. The average Bonchev–Trinajstić information content (AvgIpc) is 2.65. The molecule has 5 heteroatoms. The summed E-state index contributed by atoms with van der Waals surface area (Å²) in [6.07, 6.45) is 9.60. The highest BCUT2D eigenvalue weighted by Crippen LogP contribution is 2.13. The number of hydrogen-bond donors (Lipinski definition) is 0. The third kappa shape index (κ3) is 8.02. The van der Waals surface area contributed by atoms with Gasteiger partial charge < -0.3 is 9.80 Å². The summed E-state index contributed by atoms with van der Waals surface area (Å²) in [5.74, 6) is 0.931. The molecule has 0 amide bonds. The lowest BCUT2D eigenvalue weighted by Crippen LogP contribution is -2.37. The Morgan fingerprint density at radius 3 is 2.83 bits per heavy atom. The van der Waals surface area contributed by atoms with Gasteiger partial charge in [-0.25, -0.2) is 0 Å². The van der Waals surface area contributed by atoms with Gasteiger partial charge in [0, 0.05) is 37.8 Å². The lowest BCUT2D eigenvalue weighted by Gasteiger charge is -2.30. The Balaban J connectivity index is 2.53. The molecule has 0 radical (unpaired) electrons. The van der Waals surface area contributed by atoms with Crippen LogP contribution < -0.4 is 0 Å². The van der Waals surface area contributed by atoms with Crippen LogP contribution in [0.5, 0.6) is 0 Å². The quantitative estimate of drug-likeness (QED) is 0.673.